The van der Waals surface area contributed by atoms with Crippen LogP contribution in [0.25, 0.3) is 0 Å². The molecule has 4 heteroatoms. The van der Waals surface area contributed by atoms with Gasteiger partial charge in [0.1, 0.15) is 0 Å². The molecule has 102 valence electrons. The Bertz CT molecular complexity index is 295. The molecule has 3 saturated heterocycles. The first kappa shape index (κ1) is 12.3. The number of likely N-dealkylation sites (tertiary alicyclic amines) is 2. The van der Waals surface area contributed by atoms with E-state index in [2.05, 4.69) is 15.1 Å². The molecule has 2 amide bonds. The molecular formula is C14H25N3O. The quantitative estimate of drug-likeness (QED) is 0.769. The third kappa shape index (κ3) is 2.35. The van der Waals surface area contributed by atoms with Gasteiger partial charge in [0.05, 0.1) is 0 Å². The Morgan fingerprint density at radius 1 is 1.00 bits per heavy atom. The molecule has 3 aliphatic rings. The molecule has 0 bridgehead atoms. The first-order chi connectivity index (χ1) is 8.86. The van der Waals surface area contributed by atoms with Crippen molar-refractivity contribution in [2.75, 3.05) is 32.7 Å². The summed E-state index contributed by atoms with van der Waals surface area (Å²) < 4.78 is 0. The molecule has 3 heterocycles. The van der Waals surface area contributed by atoms with Crippen molar-refractivity contribution in [3.8, 4) is 0 Å². The Morgan fingerprint density at radius 3 is 2.56 bits per heavy atom. The SMILES string of the molecule is O=C(N1CCCC1)N1CCCC1C1CCCNC1. The van der Waals surface area contributed by atoms with Crippen LogP contribution in [0.2, 0.25) is 0 Å². The summed E-state index contributed by atoms with van der Waals surface area (Å²) in [6, 6.07) is 0.825. The molecule has 3 aliphatic heterocycles. The maximum atomic E-state index is 12.5. The maximum Gasteiger partial charge on any atom is 0.320 e. The van der Waals surface area contributed by atoms with Crippen LogP contribution in [0.15, 0.2) is 0 Å². The van der Waals surface area contributed by atoms with E-state index in [9.17, 15) is 4.79 Å². The maximum absolute atomic E-state index is 12.5. The van der Waals surface area contributed by atoms with Crippen molar-refractivity contribution in [2.45, 2.75) is 44.6 Å². The number of carbonyl (C=O) groups excluding carboxylic acids is 1. The van der Waals surface area contributed by atoms with Gasteiger partial charge in [0.2, 0.25) is 0 Å². The van der Waals surface area contributed by atoms with E-state index in [0.717, 1.165) is 32.7 Å². The highest BCUT2D eigenvalue weighted by atomic mass is 16.2. The summed E-state index contributed by atoms with van der Waals surface area (Å²) in [7, 11) is 0. The minimum Gasteiger partial charge on any atom is -0.325 e. The van der Waals surface area contributed by atoms with Crippen LogP contribution in [0.4, 0.5) is 4.79 Å². The number of nitrogens with zero attached hydrogens (tertiary/aromatic N) is 2. The van der Waals surface area contributed by atoms with Crippen molar-refractivity contribution in [1.82, 2.24) is 15.1 Å². The molecule has 3 rings (SSSR count). The molecule has 0 spiro atoms. The van der Waals surface area contributed by atoms with Crippen LogP contribution in [-0.2, 0) is 0 Å². The zero-order chi connectivity index (χ0) is 12.4. The number of nitrogens with one attached hydrogen (secondary N) is 1. The average molecular weight is 251 g/mol. The van der Waals surface area contributed by atoms with E-state index in [4.69, 9.17) is 0 Å². The fourth-order valence-corrected chi connectivity index (χ4v) is 3.82. The van der Waals surface area contributed by atoms with E-state index in [1.165, 1.54) is 38.5 Å². The topological polar surface area (TPSA) is 35.6 Å². The first-order valence-corrected chi connectivity index (χ1v) is 7.62. The molecule has 0 aromatic heterocycles. The van der Waals surface area contributed by atoms with E-state index in [-0.39, 0.29) is 0 Å². The molecule has 0 aliphatic carbocycles. The van der Waals surface area contributed by atoms with Crippen LogP contribution in [0.1, 0.15) is 38.5 Å². The van der Waals surface area contributed by atoms with Crippen LogP contribution >= 0.6 is 0 Å². The van der Waals surface area contributed by atoms with Gasteiger partial charge >= 0.3 is 6.03 Å². The number of amides is 2. The molecule has 0 aromatic rings. The predicted octanol–water partition coefficient (Wildman–Crippen LogP) is 1.67. The van der Waals surface area contributed by atoms with Gasteiger partial charge in [-0.15, -0.1) is 0 Å². The molecule has 18 heavy (non-hydrogen) atoms. The lowest BCUT2D eigenvalue weighted by atomic mass is 9.90. The molecule has 4 nitrogen and oxygen atoms in total. The lowest BCUT2D eigenvalue weighted by Gasteiger charge is -2.36. The monoisotopic (exact) mass is 251 g/mol. The van der Waals surface area contributed by atoms with E-state index >= 15 is 0 Å². The highest BCUT2D eigenvalue weighted by Crippen LogP contribution is 2.29. The second-order valence-electron chi connectivity index (χ2n) is 5.99. The van der Waals surface area contributed by atoms with Gasteiger partial charge in [-0.25, -0.2) is 4.79 Å². The Kier molecular flexibility index (Phi) is 3.73. The number of hydrogen-bond acceptors (Lipinski definition) is 2. The van der Waals surface area contributed by atoms with Gasteiger partial charge in [0, 0.05) is 25.7 Å². The zero-order valence-electron chi connectivity index (χ0n) is 11.2. The molecule has 0 saturated carbocycles. The van der Waals surface area contributed by atoms with Gasteiger partial charge in [0.25, 0.3) is 0 Å². The van der Waals surface area contributed by atoms with Crippen molar-refractivity contribution in [3.63, 3.8) is 0 Å². The molecule has 0 radical (unpaired) electrons. The van der Waals surface area contributed by atoms with Gasteiger partial charge in [-0.3, -0.25) is 0 Å². The van der Waals surface area contributed by atoms with Gasteiger partial charge in [-0.05, 0) is 57.5 Å². The molecule has 3 fully saturated rings. The van der Waals surface area contributed by atoms with Gasteiger partial charge in [0.15, 0.2) is 0 Å². The third-order valence-corrected chi connectivity index (χ3v) is 4.80. The molecule has 2 atom stereocenters. The van der Waals surface area contributed by atoms with Gasteiger partial charge in [-0.1, -0.05) is 0 Å². The predicted molar refractivity (Wildman–Crippen MR) is 71.5 cm³/mol. The minimum atomic E-state index is 0.320. The van der Waals surface area contributed by atoms with Crippen molar-refractivity contribution >= 4 is 6.03 Å². The fourth-order valence-electron chi connectivity index (χ4n) is 3.82. The van der Waals surface area contributed by atoms with E-state index in [1.54, 1.807) is 0 Å². The van der Waals surface area contributed by atoms with Crippen molar-refractivity contribution < 1.29 is 4.79 Å². The van der Waals surface area contributed by atoms with Gasteiger partial charge in [-0.2, -0.15) is 0 Å². The first-order valence-electron chi connectivity index (χ1n) is 7.62. The van der Waals surface area contributed by atoms with E-state index in [0.29, 0.717) is 18.0 Å². The highest BCUT2D eigenvalue weighted by molar-refractivity contribution is 5.75. The standard InChI is InChI=1S/C14H25N3O/c18-14(16-8-1-2-9-16)17-10-4-6-13(17)12-5-3-7-15-11-12/h12-13,15H,1-11H2. The largest absolute Gasteiger partial charge is 0.325 e. The molecule has 1 N–H and O–H groups in total. The minimum absolute atomic E-state index is 0.320. The number of urea groups is 1. The summed E-state index contributed by atoms with van der Waals surface area (Å²) in [4.78, 5) is 16.8. The smallest absolute Gasteiger partial charge is 0.320 e. The fraction of sp³-hybridized carbons (Fsp3) is 0.929. The number of carbonyl (C=O) groups is 1. The second kappa shape index (κ2) is 5.47. The Morgan fingerprint density at radius 2 is 1.83 bits per heavy atom. The summed E-state index contributed by atoms with van der Waals surface area (Å²) in [6.45, 7) is 5.20. The Balaban J connectivity index is 1.64. The molecule has 0 aromatic carbocycles. The Hall–Kier alpha value is -0.770. The summed E-state index contributed by atoms with van der Waals surface area (Å²) in [5, 5.41) is 3.49. The van der Waals surface area contributed by atoms with Crippen molar-refractivity contribution in [3.05, 3.63) is 0 Å². The number of rotatable bonds is 1. The van der Waals surface area contributed by atoms with Crippen LogP contribution in [0.5, 0.6) is 0 Å². The summed E-state index contributed by atoms with van der Waals surface area (Å²) in [6.07, 6.45) is 7.35. The van der Waals surface area contributed by atoms with Crippen molar-refractivity contribution in [1.29, 1.82) is 0 Å². The number of hydrogen-bond donors (Lipinski definition) is 1. The van der Waals surface area contributed by atoms with Crippen LogP contribution in [0, 0.1) is 5.92 Å². The lowest BCUT2D eigenvalue weighted by molar-refractivity contribution is 0.133. The number of piperidine rings is 1. The van der Waals surface area contributed by atoms with Crippen LogP contribution < -0.4 is 5.32 Å². The summed E-state index contributed by atoms with van der Waals surface area (Å²) >= 11 is 0. The van der Waals surface area contributed by atoms with E-state index < -0.39 is 0 Å². The highest BCUT2D eigenvalue weighted by Gasteiger charge is 2.37. The third-order valence-electron chi connectivity index (χ3n) is 4.80. The summed E-state index contributed by atoms with van der Waals surface area (Å²) in [5.74, 6) is 0.688. The zero-order valence-corrected chi connectivity index (χ0v) is 11.2. The van der Waals surface area contributed by atoms with Crippen LogP contribution in [-0.4, -0.2) is 54.6 Å². The van der Waals surface area contributed by atoms with Crippen molar-refractivity contribution in [2.24, 2.45) is 5.92 Å². The second-order valence-corrected chi connectivity index (χ2v) is 5.99. The van der Waals surface area contributed by atoms with Gasteiger partial charge < -0.3 is 15.1 Å². The van der Waals surface area contributed by atoms with Crippen LogP contribution in [0.3, 0.4) is 0 Å². The summed E-state index contributed by atoms with van der Waals surface area (Å²) in [5.41, 5.74) is 0. The Labute approximate surface area is 110 Å². The van der Waals surface area contributed by atoms with E-state index in [1.807, 2.05) is 0 Å². The lowest BCUT2D eigenvalue weighted by Crippen LogP contribution is -2.49. The average Bonchev–Trinajstić information content (AvgIpc) is 3.10. The molecular weight excluding hydrogens is 226 g/mol. The molecule has 2 unspecified atom stereocenters. The normalized spacial score (nSPS) is 33.1.